The summed E-state index contributed by atoms with van der Waals surface area (Å²) >= 11 is 0. The second-order valence-electron chi connectivity index (χ2n) is 6.38. The number of halogens is 1. The molecular weight excluding hydrogens is 367 g/mol. The van der Waals surface area contributed by atoms with Crippen LogP contribution >= 0.6 is 0 Å². The van der Waals surface area contributed by atoms with Crippen LogP contribution in [-0.2, 0) is 16.4 Å². The van der Waals surface area contributed by atoms with Gasteiger partial charge in [-0.2, -0.15) is 0 Å². The van der Waals surface area contributed by atoms with Crippen LogP contribution < -0.4 is 4.72 Å². The molecule has 1 N–H and O–H groups in total. The Morgan fingerprint density at radius 1 is 1.15 bits per heavy atom. The van der Waals surface area contributed by atoms with Gasteiger partial charge in [0, 0.05) is 25.7 Å². The minimum Gasteiger partial charge on any atom is -0.342 e. The lowest BCUT2D eigenvalue weighted by Gasteiger charge is -2.17. The van der Waals surface area contributed by atoms with Gasteiger partial charge in [-0.15, -0.1) is 0 Å². The number of nitrogens with zero attached hydrogens (tertiary/aromatic N) is 1. The molecule has 0 radical (unpaired) electrons. The molecule has 2 rings (SSSR count). The van der Waals surface area contributed by atoms with Crippen molar-refractivity contribution in [3.63, 3.8) is 0 Å². The number of carbonyl (C=O) groups excluding carboxylic acids is 1. The zero-order valence-corrected chi connectivity index (χ0v) is 16.4. The first-order valence-corrected chi connectivity index (χ1v) is 10.4. The van der Waals surface area contributed by atoms with Crippen LogP contribution in [0.2, 0.25) is 0 Å². The van der Waals surface area contributed by atoms with Crippen LogP contribution in [0.25, 0.3) is 0 Å². The third kappa shape index (κ3) is 6.15. The highest BCUT2D eigenvalue weighted by Crippen LogP contribution is 2.14. The van der Waals surface area contributed by atoms with Gasteiger partial charge < -0.3 is 4.90 Å². The summed E-state index contributed by atoms with van der Waals surface area (Å²) in [5.41, 5.74) is 1.18. The number of unbranched alkanes of at least 4 members (excludes halogenated alkanes) is 1. The molecule has 1 amide bonds. The number of hydrogen-bond acceptors (Lipinski definition) is 3. The maximum absolute atomic E-state index is 12.9. The zero-order valence-electron chi connectivity index (χ0n) is 15.6. The predicted octanol–water partition coefficient (Wildman–Crippen LogP) is 3.22. The average Bonchev–Trinajstić information content (AvgIpc) is 2.67. The molecule has 0 aromatic heterocycles. The molecule has 0 aliphatic heterocycles. The highest BCUT2D eigenvalue weighted by molar-refractivity contribution is 7.89. The van der Waals surface area contributed by atoms with E-state index in [4.69, 9.17) is 0 Å². The van der Waals surface area contributed by atoms with E-state index in [1.807, 2.05) is 6.92 Å². The Hall–Kier alpha value is -2.25. The van der Waals surface area contributed by atoms with Gasteiger partial charge >= 0.3 is 0 Å². The molecule has 0 saturated heterocycles. The molecule has 0 fully saturated rings. The number of sulfonamides is 1. The fraction of sp³-hybridized carbons (Fsp3) is 0.350. The van der Waals surface area contributed by atoms with Crippen molar-refractivity contribution in [3.05, 3.63) is 65.5 Å². The van der Waals surface area contributed by atoms with Gasteiger partial charge in [-0.1, -0.05) is 31.5 Å². The summed E-state index contributed by atoms with van der Waals surface area (Å²) in [4.78, 5) is 14.1. The van der Waals surface area contributed by atoms with Gasteiger partial charge in [0.15, 0.2) is 0 Å². The van der Waals surface area contributed by atoms with Crippen molar-refractivity contribution in [2.45, 2.75) is 31.1 Å². The second kappa shape index (κ2) is 9.62. The van der Waals surface area contributed by atoms with E-state index < -0.39 is 10.0 Å². The van der Waals surface area contributed by atoms with Crippen molar-refractivity contribution in [2.24, 2.45) is 0 Å². The highest BCUT2D eigenvalue weighted by Gasteiger charge is 2.17. The van der Waals surface area contributed by atoms with Gasteiger partial charge in [0.1, 0.15) is 5.82 Å². The van der Waals surface area contributed by atoms with Crippen LogP contribution in [0.3, 0.4) is 0 Å². The number of benzene rings is 2. The molecule has 2 aromatic rings. The SMILES string of the molecule is CCCCN(C)C(=O)c1cccc(S(=O)(=O)NCCc2ccc(F)cc2)c1. The number of rotatable bonds is 9. The van der Waals surface area contributed by atoms with E-state index in [1.165, 1.54) is 24.3 Å². The lowest BCUT2D eigenvalue weighted by molar-refractivity contribution is 0.0793. The van der Waals surface area contributed by atoms with Gasteiger partial charge in [0.2, 0.25) is 10.0 Å². The number of carbonyl (C=O) groups is 1. The minimum absolute atomic E-state index is 0.0522. The summed E-state index contributed by atoms with van der Waals surface area (Å²) in [5, 5.41) is 0. The number of nitrogens with one attached hydrogen (secondary N) is 1. The van der Waals surface area contributed by atoms with Gasteiger partial charge in [0.05, 0.1) is 4.90 Å². The van der Waals surface area contributed by atoms with Crippen LogP contribution in [0.5, 0.6) is 0 Å². The second-order valence-corrected chi connectivity index (χ2v) is 8.15. The molecule has 0 bridgehead atoms. The molecule has 0 atom stereocenters. The predicted molar refractivity (Wildman–Crippen MR) is 104 cm³/mol. The normalized spacial score (nSPS) is 11.4. The molecule has 5 nitrogen and oxygen atoms in total. The highest BCUT2D eigenvalue weighted by atomic mass is 32.2. The smallest absolute Gasteiger partial charge is 0.253 e. The molecule has 0 spiro atoms. The summed E-state index contributed by atoms with van der Waals surface area (Å²) in [5.74, 6) is -0.531. The molecular formula is C20H25FN2O3S. The molecule has 2 aromatic carbocycles. The lowest BCUT2D eigenvalue weighted by Crippen LogP contribution is -2.29. The first-order valence-electron chi connectivity index (χ1n) is 8.93. The first-order chi connectivity index (χ1) is 12.8. The average molecular weight is 392 g/mol. The maximum Gasteiger partial charge on any atom is 0.253 e. The zero-order chi connectivity index (χ0) is 19.9. The third-order valence-corrected chi connectivity index (χ3v) is 5.66. The van der Waals surface area contributed by atoms with Gasteiger partial charge in [-0.3, -0.25) is 4.79 Å². The Kier molecular flexibility index (Phi) is 7.50. The van der Waals surface area contributed by atoms with Crippen molar-refractivity contribution in [2.75, 3.05) is 20.1 Å². The molecule has 0 saturated carbocycles. The lowest BCUT2D eigenvalue weighted by atomic mass is 10.1. The summed E-state index contributed by atoms with van der Waals surface area (Å²) < 4.78 is 40.4. The van der Waals surface area contributed by atoms with E-state index >= 15 is 0 Å². The number of amides is 1. The summed E-state index contributed by atoms with van der Waals surface area (Å²) in [6.07, 6.45) is 2.31. The van der Waals surface area contributed by atoms with Crippen LogP contribution in [0.15, 0.2) is 53.4 Å². The fourth-order valence-corrected chi connectivity index (χ4v) is 3.65. The Balaban J connectivity index is 2.03. The number of hydrogen-bond donors (Lipinski definition) is 1. The summed E-state index contributed by atoms with van der Waals surface area (Å²) in [6, 6.07) is 12.0. The first kappa shape index (κ1) is 21.1. The van der Waals surface area contributed by atoms with Crippen molar-refractivity contribution in [1.82, 2.24) is 9.62 Å². The fourth-order valence-electron chi connectivity index (χ4n) is 2.58. The Morgan fingerprint density at radius 3 is 2.52 bits per heavy atom. The molecule has 0 aliphatic carbocycles. The van der Waals surface area contributed by atoms with Gasteiger partial charge in [-0.05, 0) is 48.7 Å². The van der Waals surface area contributed by atoms with Crippen molar-refractivity contribution in [3.8, 4) is 0 Å². The topological polar surface area (TPSA) is 66.5 Å². The molecule has 7 heteroatoms. The van der Waals surface area contributed by atoms with E-state index in [2.05, 4.69) is 4.72 Å². The van der Waals surface area contributed by atoms with E-state index in [1.54, 1.807) is 36.2 Å². The Morgan fingerprint density at radius 2 is 1.85 bits per heavy atom. The van der Waals surface area contributed by atoms with Crippen LogP contribution in [0.1, 0.15) is 35.7 Å². The Labute approximate surface area is 160 Å². The molecule has 146 valence electrons. The van der Waals surface area contributed by atoms with E-state index in [0.29, 0.717) is 18.5 Å². The molecule has 0 unspecified atom stereocenters. The molecule has 0 heterocycles. The van der Waals surface area contributed by atoms with E-state index in [0.717, 1.165) is 18.4 Å². The van der Waals surface area contributed by atoms with Gasteiger partial charge in [0.25, 0.3) is 5.91 Å². The van der Waals surface area contributed by atoms with Crippen LogP contribution in [-0.4, -0.2) is 39.4 Å². The standard InChI is InChI=1S/C20H25FN2O3S/c1-3-4-14-23(2)20(24)17-6-5-7-19(15-17)27(25,26)22-13-12-16-8-10-18(21)11-9-16/h5-11,15,22H,3-4,12-14H2,1-2H3. The largest absolute Gasteiger partial charge is 0.342 e. The van der Waals surface area contributed by atoms with Crippen molar-refractivity contribution < 1.29 is 17.6 Å². The van der Waals surface area contributed by atoms with Crippen molar-refractivity contribution >= 4 is 15.9 Å². The van der Waals surface area contributed by atoms with Crippen LogP contribution in [0.4, 0.5) is 4.39 Å². The Bertz CT molecular complexity index is 867. The maximum atomic E-state index is 12.9. The monoisotopic (exact) mass is 392 g/mol. The minimum atomic E-state index is -3.73. The molecule has 0 aliphatic rings. The summed E-state index contributed by atoms with van der Waals surface area (Å²) in [7, 11) is -2.02. The third-order valence-electron chi connectivity index (χ3n) is 4.20. The molecule has 27 heavy (non-hydrogen) atoms. The van der Waals surface area contributed by atoms with Crippen LogP contribution in [0, 0.1) is 5.82 Å². The quantitative estimate of drug-likeness (QED) is 0.713. The van der Waals surface area contributed by atoms with E-state index in [9.17, 15) is 17.6 Å². The summed E-state index contributed by atoms with van der Waals surface area (Å²) in [6.45, 7) is 2.86. The van der Waals surface area contributed by atoms with Gasteiger partial charge in [-0.25, -0.2) is 17.5 Å². The van der Waals surface area contributed by atoms with Crippen molar-refractivity contribution in [1.29, 1.82) is 0 Å². The van der Waals surface area contributed by atoms with E-state index in [-0.39, 0.29) is 23.2 Å².